The van der Waals surface area contributed by atoms with Gasteiger partial charge in [0, 0.05) is 30.2 Å². The van der Waals surface area contributed by atoms with Crippen LogP contribution in [0.1, 0.15) is 50.5 Å². The first-order chi connectivity index (χ1) is 13.5. The molecule has 2 aliphatic carbocycles. The predicted octanol–water partition coefficient (Wildman–Crippen LogP) is 1.46. The summed E-state index contributed by atoms with van der Waals surface area (Å²) in [7, 11) is -3.64. The highest BCUT2D eigenvalue weighted by molar-refractivity contribution is 7.89. The SMILES string of the molecule is CC1NNC2CCCC(NS(=O)(=O)c3cnn(-c4cc(C5CC5)ccn4)c3)C12. The lowest BCUT2D eigenvalue weighted by Gasteiger charge is -2.34. The third-order valence-corrected chi connectivity index (χ3v) is 7.71. The lowest BCUT2D eigenvalue weighted by molar-refractivity contribution is 0.255. The molecule has 1 saturated heterocycles. The molecule has 4 unspecified atom stereocenters. The first-order valence-corrected chi connectivity index (χ1v) is 11.5. The topological polar surface area (TPSA) is 101 Å². The molecule has 28 heavy (non-hydrogen) atoms. The van der Waals surface area contributed by atoms with Crippen LogP contribution in [0.3, 0.4) is 0 Å². The Labute approximate surface area is 165 Å². The molecule has 0 radical (unpaired) electrons. The van der Waals surface area contributed by atoms with E-state index in [1.54, 1.807) is 17.1 Å². The number of nitrogens with one attached hydrogen (secondary N) is 3. The predicted molar refractivity (Wildman–Crippen MR) is 104 cm³/mol. The van der Waals surface area contributed by atoms with Gasteiger partial charge in [0.05, 0.1) is 12.4 Å². The average molecular weight is 403 g/mol. The van der Waals surface area contributed by atoms with Gasteiger partial charge in [-0.25, -0.2) is 22.8 Å². The molecule has 4 atom stereocenters. The molecule has 5 rings (SSSR count). The van der Waals surface area contributed by atoms with E-state index in [9.17, 15) is 8.42 Å². The van der Waals surface area contributed by atoms with Crippen LogP contribution in [0.15, 0.2) is 35.6 Å². The van der Waals surface area contributed by atoms with Crippen molar-refractivity contribution in [2.24, 2.45) is 5.92 Å². The Morgan fingerprint density at radius 3 is 2.89 bits per heavy atom. The van der Waals surface area contributed by atoms with Gasteiger partial charge >= 0.3 is 0 Å². The molecule has 0 amide bonds. The number of pyridine rings is 1. The first-order valence-electron chi connectivity index (χ1n) is 10.1. The quantitative estimate of drug-likeness (QED) is 0.700. The van der Waals surface area contributed by atoms with Crippen LogP contribution >= 0.6 is 0 Å². The van der Waals surface area contributed by atoms with Crippen molar-refractivity contribution < 1.29 is 8.42 Å². The van der Waals surface area contributed by atoms with E-state index in [2.05, 4.69) is 32.6 Å². The second-order valence-corrected chi connectivity index (χ2v) is 9.98. The van der Waals surface area contributed by atoms with Gasteiger partial charge in [0.2, 0.25) is 10.0 Å². The summed E-state index contributed by atoms with van der Waals surface area (Å²) in [5.41, 5.74) is 7.79. The summed E-state index contributed by atoms with van der Waals surface area (Å²) in [4.78, 5) is 4.53. The summed E-state index contributed by atoms with van der Waals surface area (Å²) < 4.78 is 30.5. The number of hydrogen-bond acceptors (Lipinski definition) is 6. The maximum Gasteiger partial charge on any atom is 0.243 e. The van der Waals surface area contributed by atoms with Crippen molar-refractivity contribution in [1.29, 1.82) is 0 Å². The summed E-state index contributed by atoms with van der Waals surface area (Å²) in [6.07, 6.45) is 10.1. The highest BCUT2D eigenvalue weighted by atomic mass is 32.2. The highest BCUT2D eigenvalue weighted by Gasteiger charge is 2.42. The highest BCUT2D eigenvalue weighted by Crippen LogP contribution is 2.40. The van der Waals surface area contributed by atoms with Crippen LogP contribution in [0.2, 0.25) is 0 Å². The molecule has 0 bridgehead atoms. The molecule has 2 saturated carbocycles. The molecule has 3 aliphatic rings. The zero-order valence-corrected chi connectivity index (χ0v) is 16.7. The zero-order chi connectivity index (χ0) is 19.3. The molecule has 3 heterocycles. The lowest BCUT2D eigenvalue weighted by Crippen LogP contribution is -2.49. The summed E-state index contributed by atoms with van der Waals surface area (Å²) in [5.74, 6) is 1.51. The van der Waals surface area contributed by atoms with Crippen molar-refractivity contribution in [1.82, 2.24) is 30.3 Å². The van der Waals surface area contributed by atoms with Crippen molar-refractivity contribution in [2.75, 3.05) is 0 Å². The third-order valence-electron chi connectivity index (χ3n) is 6.26. The number of aromatic nitrogens is 3. The van der Waals surface area contributed by atoms with E-state index < -0.39 is 10.0 Å². The van der Waals surface area contributed by atoms with E-state index in [0.717, 1.165) is 19.3 Å². The van der Waals surface area contributed by atoms with Crippen LogP contribution in [0.25, 0.3) is 5.82 Å². The van der Waals surface area contributed by atoms with Crippen LogP contribution in [0.4, 0.5) is 0 Å². The van der Waals surface area contributed by atoms with Gasteiger partial charge in [0.25, 0.3) is 0 Å². The molecule has 0 aromatic carbocycles. The number of hydrogen-bond donors (Lipinski definition) is 3. The van der Waals surface area contributed by atoms with Crippen molar-refractivity contribution in [3.8, 4) is 5.82 Å². The first kappa shape index (κ1) is 18.2. The Kier molecular flexibility index (Phi) is 4.50. The van der Waals surface area contributed by atoms with Crippen molar-refractivity contribution >= 4 is 10.0 Å². The van der Waals surface area contributed by atoms with Gasteiger partial charge in [-0.15, -0.1) is 0 Å². The molecule has 8 nitrogen and oxygen atoms in total. The van der Waals surface area contributed by atoms with Crippen molar-refractivity contribution in [3.63, 3.8) is 0 Å². The summed E-state index contributed by atoms with van der Waals surface area (Å²) in [5, 5.41) is 4.26. The Balaban J connectivity index is 1.36. The Bertz CT molecular complexity index is 968. The van der Waals surface area contributed by atoms with Gasteiger partial charge in [-0.3, -0.25) is 10.9 Å². The largest absolute Gasteiger partial charge is 0.254 e. The fourth-order valence-corrected chi connectivity index (χ4v) is 5.86. The minimum atomic E-state index is -3.64. The van der Waals surface area contributed by atoms with Crippen LogP contribution in [0.5, 0.6) is 0 Å². The van der Waals surface area contributed by atoms with Crippen LogP contribution in [0, 0.1) is 5.92 Å². The maximum atomic E-state index is 13.0. The van der Waals surface area contributed by atoms with Gasteiger partial charge in [0.15, 0.2) is 5.82 Å². The minimum absolute atomic E-state index is 0.0825. The number of nitrogens with zero attached hydrogens (tertiary/aromatic N) is 3. The maximum absolute atomic E-state index is 13.0. The van der Waals surface area contributed by atoms with Gasteiger partial charge in [-0.1, -0.05) is 6.42 Å². The number of fused-ring (bicyclic) bond motifs is 1. The number of sulfonamides is 1. The summed E-state index contributed by atoms with van der Waals surface area (Å²) in [6.45, 7) is 2.10. The molecule has 2 aromatic heterocycles. The Hall–Kier alpha value is -1.81. The third kappa shape index (κ3) is 3.36. The van der Waals surface area contributed by atoms with Crippen LogP contribution in [-0.4, -0.2) is 41.3 Å². The monoisotopic (exact) mass is 402 g/mol. The molecule has 9 heteroatoms. The van der Waals surface area contributed by atoms with E-state index in [-0.39, 0.29) is 22.9 Å². The molecule has 2 aromatic rings. The van der Waals surface area contributed by atoms with Gasteiger partial charge in [-0.05, 0) is 56.2 Å². The normalized spacial score (nSPS) is 30.3. The molecule has 0 spiro atoms. The molecule has 3 N–H and O–H groups in total. The minimum Gasteiger partial charge on any atom is -0.254 e. The Morgan fingerprint density at radius 1 is 1.21 bits per heavy atom. The smallest absolute Gasteiger partial charge is 0.243 e. The van der Waals surface area contributed by atoms with Crippen LogP contribution < -0.4 is 15.6 Å². The average Bonchev–Trinajstić information content (AvgIpc) is 3.28. The molecule has 150 valence electrons. The standard InChI is InChI=1S/C19H26N6O2S/c1-12-19-16(23-22-12)3-2-4-17(19)24-28(26,27)15-10-21-25(11-15)18-9-14(7-8-20-18)13-5-6-13/h7-13,16-17,19,22-24H,2-6H2,1H3. The molecular weight excluding hydrogens is 376 g/mol. The fourth-order valence-electron chi connectivity index (χ4n) is 4.63. The molecular formula is C19H26N6O2S. The van der Waals surface area contributed by atoms with E-state index in [4.69, 9.17) is 0 Å². The Morgan fingerprint density at radius 2 is 2.07 bits per heavy atom. The van der Waals surface area contributed by atoms with Gasteiger partial charge in [0.1, 0.15) is 4.90 Å². The van der Waals surface area contributed by atoms with Crippen molar-refractivity contribution in [2.45, 2.75) is 68.0 Å². The second-order valence-electron chi connectivity index (χ2n) is 8.26. The van der Waals surface area contributed by atoms with Crippen LogP contribution in [-0.2, 0) is 10.0 Å². The van der Waals surface area contributed by atoms with E-state index >= 15 is 0 Å². The molecule has 3 fully saturated rings. The van der Waals surface area contributed by atoms with E-state index in [0.29, 0.717) is 17.8 Å². The fraction of sp³-hybridized carbons (Fsp3) is 0.579. The lowest BCUT2D eigenvalue weighted by atomic mass is 9.79. The number of rotatable bonds is 5. The van der Waals surface area contributed by atoms with Crippen molar-refractivity contribution in [3.05, 3.63) is 36.3 Å². The summed E-state index contributed by atoms with van der Waals surface area (Å²) in [6, 6.07) is 4.48. The van der Waals surface area contributed by atoms with Gasteiger partial charge in [-0.2, -0.15) is 5.10 Å². The summed E-state index contributed by atoms with van der Waals surface area (Å²) >= 11 is 0. The number of hydrazine groups is 1. The second kappa shape index (κ2) is 6.91. The van der Waals surface area contributed by atoms with E-state index in [1.807, 2.05) is 12.1 Å². The zero-order valence-electron chi connectivity index (χ0n) is 15.9. The molecule has 1 aliphatic heterocycles. The van der Waals surface area contributed by atoms with E-state index in [1.165, 1.54) is 24.6 Å². The van der Waals surface area contributed by atoms with Gasteiger partial charge < -0.3 is 0 Å².